The smallest absolute Gasteiger partial charge is 0.413 e. The maximum atomic E-state index is 5.00. The van der Waals surface area contributed by atoms with Crippen LogP contribution < -0.4 is 0 Å². The second-order valence-corrected chi connectivity index (χ2v) is 1.73. The first-order chi connectivity index (χ1) is 3.31. The molecule has 0 aliphatic carbocycles. The van der Waals surface area contributed by atoms with Gasteiger partial charge in [0.1, 0.15) is 6.29 Å². The maximum Gasteiger partial charge on any atom is 0.413 e. The predicted octanol–water partition coefficient (Wildman–Crippen LogP) is -0.0664. The minimum atomic E-state index is 0.0108. The first-order valence-electron chi connectivity index (χ1n) is 2.45. The highest BCUT2D eigenvalue weighted by molar-refractivity contribution is 5.98. The van der Waals surface area contributed by atoms with Crippen molar-refractivity contribution < 1.29 is 8.53 Å². The Kier molecular flexibility index (Phi) is 4.91. The molecule has 0 heterocycles. The van der Waals surface area contributed by atoms with Crippen molar-refractivity contribution in [3.63, 3.8) is 0 Å². The summed E-state index contributed by atoms with van der Waals surface area (Å²) in [6.45, 7) is 4.59. The first-order valence-corrected chi connectivity index (χ1v) is 3.27. The molecule has 0 radical (unpaired) electrons. The molecule has 0 spiro atoms. The van der Waals surface area contributed by atoms with Crippen LogP contribution in [0.15, 0.2) is 0 Å². The number of ether oxygens (including phenoxy) is 1. The van der Waals surface area contributed by atoms with Crippen molar-refractivity contribution in [3.05, 3.63) is 0 Å². The largest absolute Gasteiger partial charge is 0.484 e. The lowest BCUT2D eigenvalue weighted by Gasteiger charge is -2.08. The summed E-state index contributed by atoms with van der Waals surface area (Å²) in [6.07, 6.45) is 0.0108. The molecule has 0 rings (SSSR count). The Morgan fingerprint density at radius 1 is 1.71 bits per heavy atom. The molecule has 1 unspecified atom stereocenters. The molecule has 7 heavy (non-hydrogen) atoms. The van der Waals surface area contributed by atoms with Gasteiger partial charge in [0.05, 0.1) is 0 Å². The Labute approximate surface area is 52.6 Å². The zero-order chi connectivity index (χ0) is 5.70. The molecule has 3 heteroatoms. The third-order valence-corrected chi connectivity index (χ3v) is 1.40. The van der Waals surface area contributed by atoms with Crippen LogP contribution >= 0.6 is 0 Å². The standard InChI is InChI=1S/C4H9O2.Al.2H/c1-3-6-4(2)5;;;/h4H,3H2,1-2H3;;;/q-1;+1;;. The maximum absolute atomic E-state index is 5.00. The topological polar surface area (TPSA) is 18.5 Å². The summed E-state index contributed by atoms with van der Waals surface area (Å²) in [4.78, 5) is 0. The molecule has 42 valence electrons. The summed E-state index contributed by atoms with van der Waals surface area (Å²) in [7, 11) is 0. The van der Waals surface area contributed by atoms with Crippen molar-refractivity contribution in [3.8, 4) is 0 Å². The fraction of sp³-hybridized carbons (Fsp3) is 1.00. The highest BCUT2D eigenvalue weighted by atomic mass is 27.1. The summed E-state index contributed by atoms with van der Waals surface area (Å²) in [5, 5.41) is 0. The second-order valence-electron chi connectivity index (χ2n) is 1.26. The average Bonchev–Trinajstić information content (AvgIpc) is 1.68. The van der Waals surface area contributed by atoms with E-state index < -0.39 is 0 Å². The summed E-state index contributed by atoms with van der Waals surface area (Å²) in [5.74, 6) is 0. The van der Waals surface area contributed by atoms with Gasteiger partial charge in [0.2, 0.25) is 0 Å². The fourth-order valence-corrected chi connectivity index (χ4v) is 0.439. The van der Waals surface area contributed by atoms with E-state index in [0.29, 0.717) is 0 Å². The van der Waals surface area contributed by atoms with E-state index in [4.69, 9.17) is 8.53 Å². The van der Waals surface area contributed by atoms with Crippen molar-refractivity contribution in [2.45, 2.75) is 20.1 Å². The summed E-state index contributed by atoms with van der Waals surface area (Å²) >= 11 is 0.762. The van der Waals surface area contributed by atoms with E-state index in [-0.39, 0.29) is 6.29 Å². The van der Waals surface area contributed by atoms with Crippen LogP contribution in [0, 0.1) is 0 Å². The minimum Gasteiger partial charge on any atom is -0.484 e. The molecule has 0 amide bonds. The van der Waals surface area contributed by atoms with Crippen molar-refractivity contribution >= 4 is 16.6 Å². The highest BCUT2D eigenvalue weighted by Gasteiger charge is 1.90. The molecule has 0 aliphatic heterocycles. The van der Waals surface area contributed by atoms with Crippen LogP contribution in [-0.2, 0) is 8.53 Å². The van der Waals surface area contributed by atoms with Gasteiger partial charge in [-0.05, 0) is 13.8 Å². The molecule has 0 aromatic carbocycles. The summed E-state index contributed by atoms with van der Waals surface area (Å²) in [5.41, 5.74) is 0. The molecule has 0 saturated carbocycles. The van der Waals surface area contributed by atoms with Gasteiger partial charge in [-0.25, -0.2) is 0 Å². The molecule has 0 saturated heterocycles. The van der Waals surface area contributed by atoms with Gasteiger partial charge < -0.3 is 8.53 Å². The van der Waals surface area contributed by atoms with Gasteiger partial charge in [0.25, 0.3) is 0 Å². The van der Waals surface area contributed by atoms with Gasteiger partial charge in [0.15, 0.2) is 0 Å². The lowest BCUT2D eigenvalue weighted by Crippen LogP contribution is -2.09. The van der Waals surface area contributed by atoms with E-state index in [0.717, 1.165) is 23.2 Å². The summed E-state index contributed by atoms with van der Waals surface area (Å²) < 4.78 is 9.91. The van der Waals surface area contributed by atoms with Crippen molar-refractivity contribution in [2.75, 3.05) is 6.61 Å². The van der Waals surface area contributed by atoms with Crippen LogP contribution in [0.2, 0.25) is 0 Å². The molecule has 0 N–H and O–H groups in total. The molecule has 0 aliphatic rings. The van der Waals surface area contributed by atoms with Gasteiger partial charge in [-0.1, -0.05) is 0 Å². The lowest BCUT2D eigenvalue weighted by atomic mass is 10.7. The van der Waals surface area contributed by atoms with Crippen LogP contribution in [0.3, 0.4) is 0 Å². The Balaban J connectivity index is 2.83. The second kappa shape index (κ2) is 4.61. The molecule has 0 aromatic rings. The third-order valence-electron chi connectivity index (χ3n) is 0.733. The normalized spacial score (nSPS) is 14.0. The molecule has 1 atom stereocenters. The van der Waals surface area contributed by atoms with Gasteiger partial charge in [0, 0.05) is 6.61 Å². The molecular formula is C4H11AlO2. The monoisotopic (exact) mass is 118 g/mol. The van der Waals surface area contributed by atoms with Crippen LogP contribution in [0.5, 0.6) is 0 Å². The lowest BCUT2D eigenvalue weighted by molar-refractivity contribution is -0.0573. The van der Waals surface area contributed by atoms with E-state index >= 15 is 0 Å². The van der Waals surface area contributed by atoms with Crippen LogP contribution in [0.4, 0.5) is 0 Å². The van der Waals surface area contributed by atoms with Gasteiger partial charge in [-0.3, -0.25) is 0 Å². The average molecular weight is 118 g/mol. The molecule has 0 bridgehead atoms. The van der Waals surface area contributed by atoms with Crippen LogP contribution in [0.1, 0.15) is 13.8 Å². The molecular weight excluding hydrogens is 107 g/mol. The number of hydrogen-bond acceptors (Lipinski definition) is 2. The first kappa shape index (κ1) is 7.45. The Hall–Kier alpha value is 0.452. The van der Waals surface area contributed by atoms with Gasteiger partial charge in [-0.2, -0.15) is 0 Å². The quantitative estimate of drug-likeness (QED) is 0.381. The predicted molar refractivity (Wildman–Crippen MR) is 30.7 cm³/mol. The van der Waals surface area contributed by atoms with Crippen molar-refractivity contribution in [2.24, 2.45) is 0 Å². The van der Waals surface area contributed by atoms with E-state index in [2.05, 4.69) is 0 Å². The van der Waals surface area contributed by atoms with E-state index in [1.807, 2.05) is 13.8 Å². The SMILES string of the molecule is CCOC(C)[O][AlH2]. The Bertz CT molecular complexity index is 40.7. The van der Waals surface area contributed by atoms with E-state index in [1.54, 1.807) is 0 Å². The Morgan fingerprint density at radius 2 is 2.29 bits per heavy atom. The number of hydrogen-bond donors (Lipinski definition) is 0. The van der Waals surface area contributed by atoms with Gasteiger partial charge >= 0.3 is 16.6 Å². The van der Waals surface area contributed by atoms with Gasteiger partial charge in [-0.15, -0.1) is 0 Å². The zero-order valence-corrected chi connectivity index (χ0v) is 7.10. The third kappa shape index (κ3) is 4.30. The van der Waals surface area contributed by atoms with Crippen molar-refractivity contribution in [1.82, 2.24) is 0 Å². The molecule has 2 nitrogen and oxygen atoms in total. The zero-order valence-electron chi connectivity index (χ0n) is 5.10. The molecule has 0 aromatic heterocycles. The van der Waals surface area contributed by atoms with Crippen LogP contribution in [0.25, 0.3) is 0 Å². The fourth-order valence-electron chi connectivity index (χ4n) is 0.303. The van der Waals surface area contributed by atoms with E-state index in [1.165, 1.54) is 0 Å². The van der Waals surface area contributed by atoms with E-state index in [9.17, 15) is 0 Å². The minimum absolute atomic E-state index is 0.0108. The highest BCUT2D eigenvalue weighted by Crippen LogP contribution is 1.86. The summed E-state index contributed by atoms with van der Waals surface area (Å²) in [6, 6.07) is 0. The number of rotatable bonds is 3. The Morgan fingerprint density at radius 3 is 2.43 bits per heavy atom. The molecule has 0 fully saturated rings. The van der Waals surface area contributed by atoms with Crippen LogP contribution in [-0.4, -0.2) is 29.5 Å². The van der Waals surface area contributed by atoms with Crippen molar-refractivity contribution in [1.29, 1.82) is 0 Å².